The number of carbonyl (C=O) groups excluding carboxylic acids is 1. The van der Waals surface area contributed by atoms with Gasteiger partial charge in [0.05, 0.1) is 6.42 Å². The summed E-state index contributed by atoms with van der Waals surface area (Å²) in [5, 5.41) is 0.380. The predicted molar refractivity (Wildman–Crippen MR) is 99.6 cm³/mol. The summed E-state index contributed by atoms with van der Waals surface area (Å²) in [6, 6.07) is 14.2. The third-order valence-corrected chi connectivity index (χ3v) is 4.17. The molecule has 0 aliphatic rings. The molecule has 1 aromatic heterocycles. The van der Waals surface area contributed by atoms with Crippen LogP contribution in [0.15, 0.2) is 54.6 Å². The molecular formula is C20H15ClF3N3O. The van der Waals surface area contributed by atoms with Crippen molar-refractivity contribution in [3.8, 4) is 11.4 Å². The van der Waals surface area contributed by atoms with Crippen LogP contribution in [-0.4, -0.2) is 15.9 Å². The van der Waals surface area contributed by atoms with Crippen LogP contribution in [0.5, 0.6) is 0 Å². The maximum absolute atomic E-state index is 13.3. The standard InChI is InChI=1S/C20H15ClF3N3O/c21-15-3-1-2-14(10-15)19-26-16(11-17(27-19)20(22,23)24)8-12-4-6-13(7-5-12)9-18(25)28/h1-7,10-11H,8-9H2,(H2,25,28). The second-order valence-electron chi connectivity index (χ2n) is 6.21. The van der Waals surface area contributed by atoms with Gasteiger partial charge in [0.15, 0.2) is 5.82 Å². The minimum atomic E-state index is -4.60. The average molecular weight is 406 g/mol. The Morgan fingerprint density at radius 1 is 1.00 bits per heavy atom. The van der Waals surface area contributed by atoms with Crippen LogP contribution < -0.4 is 5.73 Å². The Morgan fingerprint density at radius 3 is 2.29 bits per heavy atom. The molecule has 3 rings (SSSR count). The molecule has 0 atom stereocenters. The van der Waals surface area contributed by atoms with E-state index in [-0.39, 0.29) is 24.4 Å². The van der Waals surface area contributed by atoms with Crippen LogP contribution in [0.3, 0.4) is 0 Å². The first kappa shape index (κ1) is 19.8. The number of nitrogens with zero attached hydrogens (tertiary/aromatic N) is 2. The lowest BCUT2D eigenvalue weighted by atomic mass is 10.0. The summed E-state index contributed by atoms with van der Waals surface area (Å²) in [6.45, 7) is 0. The van der Waals surface area contributed by atoms with Crippen LogP contribution in [0.1, 0.15) is 22.5 Å². The van der Waals surface area contributed by atoms with Crippen LogP contribution in [0.25, 0.3) is 11.4 Å². The molecule has 0 bridgehead atoms. The van der Waals surface area contributed by atoms with Gasteiger partial charge in [0.25, 0.3) is 0 Å². The van der Waals surface area contributed by atoms with Crippen LogP contribution in [0.2, 0.25) is 5.02 Å². The molecule has 0 aliphatic heterocycles. The Bertz CT molecular complexity index is 1000. The molecule has 4 nitrogen and oxygen atoms in total. The number of nitrogens with two attached hydrogens (primary N) is 1. The van der Waals surface area contributed by atoms with E-state index in [0.29, 0.717) is 10.6 Å². The van der Waals surface area contributed by atoms with Crippen LogP contribution in [-0.2, 0) is 23.8 Å². The second kappa shape index (κ2) is 7.98. The molecule has 28 heavy (non-hydrogen) atoms. The molecule has 8 heteroatoms. The minimum absolute atomic E-state index is 0.0438. The van der Waals surface area contributed by atoms with Crippen molar-refractivity contribution in [2.45, 2.75) is 19.0 Å². The Morgan fingerprint density at radius 2 is 1.68 bits per heavy atom. The zero-order chi connectivity index (χ0) is 20.3. The van der Waals surface area contributed by atoms with E-state index in [4.69, 9.17) is 17.3 Å². The lowest BCUT2D eigenvalue weighted by molar-refractivity contribution is -0.141. The lowest BCUT2D eigenvalue weighted by Crippen LogP contribution is -2.13. The van der Waals surface area contributed by atoms with Gasteiger partial charge >= 0.3 is 6.18 Å². The molecule has 1 amide bonds. The van der Waals surface area contributed by atoms with Crippen LogP contribution in [0, 0.1) is 0 Å². The van der Waals surface area contributed by atoms with E-state index in [1.165, 1.54) is 6.07 Å². The topological polar surface area (TPSA) is 68.9 Å². The molecule has 1 heterocycles. The van der Waals surface area contributed by atoms with Crippen molar-refractivity contribution in [2.75, 3.05) is 0 Å². The number of rotatable bonds is 5. The van der Waals surface area contributed by atoms with Crippen molar-refractivity contribution in [2.24, 2.45) is 5.73 Å². The molecule has 0 spiro atoms. The monoisotopic (exact) mass is 405 g/mol. The fraction of sp³-hybridized carbons (Fsp3) is 0.150. The lowest BCUT2D eigenvalue weighted by Gasteiger charge is -2.11. The first-order valence-electron chi connectivity index (χ1n) is 8.28. The highest BCUT2D eigenvalue weighted by molar-refractivity contribution is 6.30. The third-order valence-electron chi connectivity index (χ3n) is 3.94. The summed E-state index contributed by atoms with van der Waals surface area (Å²) < 4.78 is 39.9. The van der Waals surface area contributed by atoms with E-state index < -0.39 is 17.8 Å². The quantitative estimate of drug-likeness (QED) is 0.682. The predicted octanol–water partition coefficient (Wildman–Crippen LogP) is 4.43. The second-order valence-corrected chi connectivity index (χ2v) is 6.65. The SMILES string of the molecule is NC(=O)Cc1ccc(Cc2cc(C(F)(F)F)nc(-c3cccc(Cl)c3)n2)cc1. The molecule has 0 unspecified atom stereocenters. The molecular weight excluding hydrogens is 391 g/mol. The number of aromatic nitrogens is 2. The number of amides is 1. The van der Waals surface area contributed by atoms with Crippen LogP contribution in [0.4, 0.5) is 13.2 Å². The van der Waals surface area contributed by atoms with Crippen molar-refractivity contribution in [1.82, 2.24) is 9.97 Å². The van der Waals surface area contributed by atoms with E-state index in [9.17, 15) is 18.0 Å². The van der Waals surface area contributed by atoms with Gasteiger partial charge in [-0.15, -0.1) is 0 Å². The Hall–Kier alpha value is -2.93. The number of benzene rings is 2. The van der Waals surface area contributed by atoms with Gasteiger partial charge in [0.2, 0.25) is 5.91 Å². The highest BCUT2D eigenvalue weighted by Crippen LogP contribution is 2.30. The van der Waals surface area contributed by atoms with Crippen molar-refractivity contribution >= 4 is 17.5 Å². The van der Waals surface area contributed by atoms with E-state index in [1.54, 1.807) is 42.5 Å². The molecule has 0 fully saturated rings. The third kappa shape index (κ3) is 5.07. The van der Waals surface area contributed by atoms with E-state index in [1.807, 2.05) is 0 Å². The van der Waals surface area contributed by atoms with Gasteiger partial charge < -0.3 is 5.73 Å². The van der Waals surface area contributed by atoms with Gasteiger partial charge in [-0.1, -0.05) is 48.0 Å². The summed E-state index contributed by atoms with van der Waals surface area (Å²) in [4.78, 5) is 18.9. The van der Waals surface area contributed by atoms with Crippen LogP contribution >= 0.6 is 11.6 Å². The van der Waals surface area contributed by atoms with Crippen molar-refractivity contribution in [3.05, 3.63) is 82.1 Å². The number of primary amides is 1. The fourth-order valence-corrected chi connectivity index (χ4v) is 2.87. The molecule has 144 valence electrons. The molecule has 0 saturated carbocycles. The highest BCUT2D eigenvalue weighted by Gasteiger charge is 2.33. The first-order chi connectivity index (χ1) is 13.2. The average Bonchev–Trinajstić information content (AvgIpc) is 2.62. The molecule has 0 radical (unpaired) electrons. The molecule has 2 N–H and O–H groups in total. The maximum atomic E-state index is 13.3. The zero-order valence-electron chi connectivity index (χ0n) is 14.5. The van der Waals surface area contributed by atoms with Gasteiger partial charge in [-0.2, -0.15) is 13.2 Å². The fourth-order valence-electron chi connectivity index (χ4n) is 2.68. The molecule has 0 saturated heterocycles. The van der Waals surface area contributed by atoms with Gasteiger partial charge in [-0.3, -0.25) is 4.79 Å². The van der Waals surface area contributed by atoms with Crippen molar-refractivity contribution in [1.29, 1.82) is 0 Å². The Kier molecular flexibility index (Phi) is 5.65. The summed E-state index contributed by atoms with van der Waals surface area (Å²) in [6.07, 6.45) is -4.32. The Balaban J connectivity index is 1.96. The number of hydrogen-bond acceptors (Lipinski definition) is 3. The summed E-state index contributed by atoms with van der Waals surface area (Å²) in [5.41, 5.74) is 6.24. The summed E-state index contributed by atoms with van der Waals surface area (Å²) >= 11 is 5.93. The Labute approximate surface area is 164 Å². The van der Waals surface area contributed by atoms with E-state index in [0.717, 1.165) is 17.2 Å². The summed E-state index contributed by atoms with van der Waals surface area (Å²) in [7, 11) is 0. The number of carbonyl (C=O) groups is 1. The molecule has 0 aliphatic carbocycles. The van der Waals surface area contributed by atoms with E-state index >= 15 is 0 Å². The number of halogens is 4. The normalized spacial score (nSPS) is 11.4. The first-order valence-corrected chi connectivity index (χ1v) is 8.66. The van der Waals surface area contributed by atoms with Crippen molar-refractivity contribution < 1.29 is 18.0 Å². The summed E-state index contributed by atoms with van der Waals surface area (Å²) in [5.74, 6) is -0.498. The van der Waals surface area contributed by atoms with Gasteiger partial charge in [0.1, 0.15) is 5.69 Å². The number of alkyl halides is 3. The van der Waals surface area contributed by atoms with Crippen molar-refractivity contribution in [3.63, 3.8) is 0 Å². The minimum Gasteiger partial charge on any atom is -0.369 e. The zero-order valence-corrected chi connectivity index (χ0v) is 15.3. The highest BCUT2D eigenvalue weighted by atomic mass is 35.5. The van der Waals surface area contributed by atoms with Gasteiger partial charge in [0, 0.05) is 22.7 Å². The smallest absolute Gasteiger partial charge is 0.369 e. The molecule has 2 aromatic carbocycles. The van der Waals surface area contributed by atoms with Gasteiger partial charge in [-0.05, 0) is 29.3 Å². The largest absolute Gasteiger partial charge is 0.433 e. The van der Waals surface area contributed by atoms with E-state index in [2.05, 4.69) is 9.97 Å². The maximum Gasteiger partial charge on any atom is 0.433 e. The molecule has 3 aromatic rings. The van der Waals surface area contributed by atoms with Gasteiger partial charge in [-0.25, -0.2) is 9.97 Å². The number of hydrogen-bond donors (Lipinski definition) is 1.